The van der Waals surface area contributed by atoms with Crippen LogP contribution in [0.4, 0.5) is 5.13 Å². The number of nitrogens with zero attached hydrogens (tertiary/aromatic N) is 2. The topological polar surface area (TPSA) is 84.0 Å². The minimum absolute atomic E-state index is 0.127. The van der Waals surface area contributed by atoms with Crippen LogP contribution in [0.1, 0.15) is 22.3 Å². The highest BCUT2D eigenvalue weighted by molar-refractivity contribution is 8.00. The number of carbonyl (C=O) groups is 2. The van der Waals surface area contributed by atoms with Gasteiger partial charge in [-0.25, -0.2) is 0 Å². The maximum Gasteiger partial charge on any atom is 0.252 e. The third kappa shape index (κ3) is 6.05. The standard InChI is InChI=1S/C19H17ClN4O2S2/c20-15-9-5-4-8-14(15)17(26)21-11-10-16(25)22-18-23-24-19(28-18)27-12-13-6-2-1-3-7-13/h1-9H,10-12H2,(H,21,26)(H,22,23,25). The number of benzene rings is 2. The third-order valence-electron chi connectivity index (χ3n) is 3.61. The van der Waals surface area contributed by atoms with Crippen molar-refractivity contribution >= 4 is 51.6 Å². The summed E-state index contributed by atoms with van der Waals surface area (Å²) in [5.41, 5.74) is 1.58. The third-order valence-corrected chi connectivity index (χ3v) is 5.99. The summed E-state index contributed by atoms with van der Waals surface area (Å²) in [4.78, 5) is 24.1. The van der Waals surface area contributed by atoms with Crippen molar-refractivity contribution < 1.29 is 9.59 Å². The molecule has 144 valence electrons. The summed E-state index contributed by atoms with van der Waals surface area (Å²) in [5.74, 6) is 0.237. The van der Waals surface area contributed by atoms with E-state index in [2.05, 4.69) is 20.8 Å². The molecule has 0 atom stereocenters. The van der Waals surface area contributed by atoms with Gasteiger partial charge in [-0.2, -0.15) is 0 Å². The van der Waals surface area contributed by atoms with Crippen molar-refractivity contribution in [3.63, 3.8) is 0 Å². The van der Waals surface area contributed by atoms with Crippen molar-refractivity contribution in [1.82, 2.24) is 15.5 Å². The smallest absolute Gasteiger partial charge is 0.252 e. The molecule has 0 spiro atoms. The highest BCUT2D eigenvalue weighted by atomic mass is 35.5. The maximum atomic E-state index is 12.0. The van der Waals surface area contributed by atoms with E-state index in [1.165, 1.54) is 16.9 Å². The van der Waals surface area contributed by atoms with Crippen LogP contribution >= 0.6 is 34.7 Å². The number of hydrogen-bond donors (Lipinski definition) is 2. The molecule has 2 N–H and O–H groups in total. The van der Waals surface area contributed by atoms with Crippen LogP contribution in [-0.4, -0.2) is 28.6 Å². The number of hydrogen-bond acceptors (Lipinski definition) is 6. The molecule has 2 aromatic carbocycles. The fourth-order valence-corrected chi connectivity index (χ4v) is 4.20. The summed E-state index contributed by atoms with van der Waals surface area (Å²) < 4.78 is 0.783. The van der Waals surface area contributed by atoms with Gasteiger partial charge >= 0.3 is 0 Å². The van der Waals surface area contributed by atoms with Crippen LogP contribution in [0.15, 0.2) is 58.9 Å². The van der Waals surface area contributed by atoms with Gasteiger partial charge in [-0.1, -0.05) is 77.2 Å². The quantitative estimate of drug-likeness (QED) is 0.410. The van der Waals surface area contributed by atoms with Gasteiger partial charge < -0.3 is 10.6 Å². The number of anilines is 1. The van der Waals surface area contributed by atoms with Gasteiger partial charge in [-0.3, -0.25) is 9.59 Å². The van der Waals surface area contributed by atoms with E-state index in [4.69, 9.17) is 11.6 Å². The van der Waals surface area contributed by atoms with E-state index in [-0.39, 0.29) is 24.8 Å². The highest BCUT2D eigenvalue weighted by Crippen LogP contribution is 2.28. The molecule has 6 nitrogen and oxygen atoms in total. The van der Waals surface area contributed by atoms with E-state index < -0.39 is 0 Å². The van der Waals surface area contributed by atoms with Crippen molar-refractivity contribution in [2.75, 3.05) is 11.9 Å². The average molecular weight is 433 g/mol. The number of carbonyl (C=O) groups excluding carboxylic acids is 2. The van der Waals surface area contributed by atoms with Gasteiger partial charge in [0.15, 0.2) is 4.34 Å². The summed E-state index contributed by atoms with van der Waals surface area (Å²) in [5, 5.41) is 14.3. The number of nitrogens with one attached hydrogen (secondary N) is 2. The molecule has 28 heavy (non-hydrogen) atoms. The first-order valence-corrected chi connectivity index (χ1v) is 10.6. The Balaban J connectivity index is 1.41. The monoisotopic (exact) mass is 432 g/mol. The molecule has 0 fully saturated rings. The molecular weight excluding hydrogens is 416 g/mol. The van der Waals surface area contributed by atoms with Crippen molar-refractivity contribution in [3.05, 3.63) is 70.7 Å². The maximum absolute atomic E-state index is 12.0. The molecule has 3 rings (SSSR count). The zero-order chi connectivity index (χ0) is 19.8. The molecule has 0 saturated heterocycles. The van der Waals surface area contributed by atoms with Crippen LogP contribution in [0.25, 0.3) is 0 Å². The summed E-state index contributed by atoms with van der Waals surface area (Å²) in [6.07, 6.45) is 0.127. The van der Waals surface area contributed by atoms with E-state index in [0.29, 0.717) is 15.7 Å². The number of amides is 2. The summed E-state index contributed by atoms with van der Waals surface area (Å²) in [6.45, 7) is 0.199. The lowest BCUT2D eigenvalue weighted by atomic mass is 10.2. The van der Waals surface area contributed by atoms with Gasteiger partial charge in [0, 0.05) is 18.7 Å². The Morgan fingerprint density at radius 1 is 1.04 bits per heavy atom. The fraction of sp³-hybridized carbons (Fsp3) is 0.158. The van der Waals surface area contributed by atoms with Gasteiger partial charge in [0.05, 0.1) is 10.6 Å². The lowest BCUT2D eigenvalue weighted by Gasteiger charge is -2.06. The lowest BCUT2D eigenvalue weighted by molar-refractivity contribution is -0.116. The number of rotatable bonds is 8. The molecule has 2 amide bonds. The molecule has 0 aliphatic rings. The van der Waals surface area contributed by atoms with Crippen LogP contribution in [-0.2, 0) is 10.5 Å². The Morgan fingerprint density at radius 2 is 1.79 bits per heavy atom. The molecule has 1 heterocycles. The van der Waals surface area contributed by atoms with Crippen molar-refractivity contribution in [3.8, 4) is 0 Å². The zero-order valence-corrected chi connectivity index (χ0v) is 17.1. The van der Waals surface area contributed by atoms with Gasteiger partial charge in [0.2, 0.25) is 11.0 Å². The molecule has 1 aromatic heterocycles. The van der Waals surface area contributed by atoms with E-state index in [1.807, 2.05) is 30.3 Å². The largest absolute Gasteiger partial charge is 0.351 e. The predicted molar refractivity (Wildman–Crippen MR) is 113 cm³/mol. The molecule has 0 unspecified atom stereocenters. The summed E-state index contributed by atoms with van der Waals surface area (Å²) in [7, 11) is 0. The Kier molecular flexibility index (Phi) is 7.41. The fourth-order valence-electron chi connectivity index (χ4n) is 2.25. The molecule has 0 saturated carbocycles. The second-order valence-corrected chi connectivity index (χ2v) is 8.29. The minimum Gasteiger partial charge on any atom is -0.351 e. The minimum atomic E-state index is -0.311. The van der Waals surface area contributed by atoms with E-state index in [1.54, 1.807) is 36.0 Å². The van der Waals surface area contributed by atoms with Gasteiger partial charge in [-0.05, 0) is 17.7 Å². The molecule has 0 aliphatic heterocycles. The highest BCUT2D eigenvalue weighted by Gasteiger charge is 2.11. The van der Waals surface area contributed by atoms with Crippen LogP contribution < -0.4 is 10.6 Å². The normalized spacial score (nSPS) is 10.5. The molecular formula is C19H17ClN4O2S2. The SMILES string of the molecule is O=C(CCNC(=O)c1ccccc1Cl)Nc1nnc(SCc2ccccc2)s1. The molecule has 9 heteroatoms. The number of halogens is 1. The molecule has 0 radical (unpaired) electrons. The van der Waals surface area contributed by atoms with Crippen molar-refractivity contribution in [1.29, 1.82) is 0 Å². The summed E-state index contributed by atoms with van der Waals surface area (Å²) >= 11 is 8.87. The Labute approximate surface area is 175 Å². The van der Waals surface area contributed by atoms with Crippen LogP contribution in [0.2, 0.25) is 5.02 Å². The molecule has 0 aliphatic carbocycles. The lowest BCUT2D eigenvalue weighted by Crippen LogP contribution is -2.27. The first-order chi connectivity index (χ1) is 13.6. The van der Waals surface area contributed by atoms with Crippen LogP contribution in [0.3, 0.4) is 0 Å². The van der Waals surface area contributed by atoms with Crippen molar-refractivity contribution in [2.24, 2.45) is 0 Å². The zero-order valence-electron chi connectivity index (χ0n) is 14.7. The van der Waals surface area contributed by atoms with E-state index in [9.17, 15) is 9.59 Å². The van der Waals surface area contributed by atoms with Crippen molar-refractivity contribution in [2.45, 2.75) is 16.5 Å². The molecule has 3 aromatic rings. The first-order valence-electron chi connectivity index (χ1n) is 8.44. The van der Waals surface area contributed by atoms with Gasteiger partial charge in [0.25, 0.3) is 5.91 Å². The summed E-state index contributed by atoms with van der Waals surface area (Å²) in [6, 6.07) is 16.8. The Morgan fingerprint density at radius 3 is 2.57 bits per heavy atom. The van der Waals surface area contributed by atoms with E-state index in [0.717, 1.165) is 10.1 Å². The molecule has 0 bridgehead atoms. The van der Waals surface area contributed by atoms with Crippen LogP contribution in [0.5, 0.6) is 0 Å². The predicted octanol–water partition coefficient (Wildman–Crippen LogP) is 4.24. The van der Waals surface area contributed by atoms with Crippen LogP contribution in [0, 0.1) is 0 Å². The van der Waals surface area contributed by atoms with Gasteiger partial charge in [-0.15, -0.1) is 10.2 Å². The second kappa shape index (κ2) is 10.2. The van der Waals surface area contributed by atoms with E-state index >= 15 is 0 Å². The Hall–Kier alpha value is -2.42. The Bertz CT molecular complexity index is 950. The average Bonchev–Trinajstić information content (AvgIpc) is 3.14. The number of aromatic nitrogens is 2. The number of thioether (sulfide) groups is 1. The second-order valence-electron chi connectivity index (χ2n) is 5.68. The first kappa shape index (κ1) is 20.3. The van der Waals surface area contributed by atoms with Gasteiger partial charge in [0.1, 0.15) is 0 Å².